The van der Waals surface area contributed by atoms with Crippen LogP contribution < -0.4 is 0 Å². The second-order valence-corrected chi connectivity index (χ2v) is 24.8. The monoisotopic (exact) mass is 805 g/mol. The van der Waals surface area contributed by atoms with Gasteiger partial charge in [-0.15, -0.1) is 0 Å². The molecule has 16 nitrogen and oxygen atoms in total. The predicted octanol–water partition coefficient (Wildman–Crippen LogP) is 5.39. The zero-order chi connectivity index (χ0) is 36.6. The molecule has 0 spiro atoms. The summed E-state index contributed by atoms with van der Waals surface area (Å²) in [7, 11) is -37.0. The topological polar surface area (TPSA) is 298 Å². The highest BCUT2D eigenvalue weighted by Crippen LogP contribution is 2.76. The first-order valence-electron chi connectivity index (χ1n) is 9.00. The lowest BCUT2D eigenvalue weighted by Crippen LogP contribution is -2.15. The molecule has 0 rings (SSSR count). The van der Waals surface area contributed by atoms with Crippen molar-refractivity contribution >= 4 is 60.2 Å². The molecule has 0 aromatic rings. The molecular weight excluding hydrogens is 776 g/mol. The number of hydrogen-bond acceptors (Lipinski definition) is 8. The zero-order valence-electron chi connectivity index (χ0n) is 21.9. The van der Waals surface area contributed by atoms with E-state index in [0.717, 1.165) is 20.0 Å². The van der Waals surface area contributed by atoms with Crippen molar-refractivity contribution in [2.45, 2.75) is 16.2 Å². The van der Waals surface area contributed by atoms with Gasteiger partial charge in [0.1, 0.15) is 0 Å². The molecule has 8 N–H and O–H groups in total. The van der Waals surface area contributed by atoms with E-state index >= 15 is 0 Å². The Morgan fingerprint density at radius 3 is 0.738 bits per heavy atom. The van der Waals surface area contributed by atoms with Crippen molar-refractivity contribution in [3.05, 3.63) is 0 Å². The molecule has 0 aromatic heterocycles. The van der Waals surface area contributed by atoms with Gasteiger partial charge in [-0.1, -0.05) is 0 Å². The van der Waals surface area contributed by atoms with Crippen LogP contribution in [0.1, 0.15) is 0 Å². The molecule has 0 fully saturated rings. The first-order chi connectivity index (χ1) is 17.2. The molecule has 42 heavy (non-hydrogen) atoms. The summed E-state index contributed by atoms with van der Waals surface area (Å²) in [5, 5.41) is -14.1. The Balaban J connectivity index is -0.000000142. The molecule has 0 saturated carbocycles. The predicted molar refractivity (Wildman–Crippen MR) is 137 cm³/mol. The minimum atomic E-state index is -6.46. The Kier molecular flexibility index (Phi) is 21.3. The van der Waals surface area contributed by atoms with Crippen LogP contribution in [-0.2, 0) is 36.5 Å². The maximum Gasteiger partial charge on any atom is 0.502 e. The summed E-state index contributed by atoms with van der Waals surface area (Å²) in [4.78, 5) is 63.0. The van der Waals surface area contributed by atoms with Crippen LogP contribution in [0.4, 0.5) is 34.7 Å². The molecule has 260 valence electrons. The van der Waals surface area contributed by atoms with Crippen LogP contribution in [0, 0.1) is 0 Å². The van der Waals surface area contributed by atoms with Crippen molar-refractivity contribution in [2.24, 2.45) is 0 Å². The largest absolute Gasteiger partial charge is 0.502 e. The van der Waals surface area contributed by atoms with Gasteiger partial charge in [-0.05, 0) is 17.9 Å². The van der Waals surface area contributed by atoms with Crippen molar-refractivity contribution < 1.29 is 110 Å². The van der Waals surface area contributed by atoms with Crippen molar-refractivity contribution in [1.82, 2.24) is 0 Å². The molecule has 0 aromatic carbocycles. The molecule has 0 aliphatic heterocycles. The van der Waals surface area contributed by atoms with E-state index in [1.165, 1.54) is 6.66 Å². The van der Waals surface area contributed by atoms with E-state index in [2.05, 4.69) is 0 Å². The summed E-state index contributed by atoms with van der Waals surface area (Å²) in [6.07, 6.45) is 0. The summed E-state index contributed by atoms with van der Waals surface area (Å²) in [6.45, 7) is 4.25. The van der Waals surface area contributed by atoms with E-state index in [9.17, 15) is 66.7 Å². The fourth-order valence-corrected chi connectivity index (χ4v) is 8.18. The molecule has 0 heterocycles. The fraction of sp³-hybridized carbons (Fsp3) is 1.00. The fourth-order valence-electron chi connectivity index (χ4n) is 0.909. The highest BCUT2D eigenvalue weighted by atomic mass is 31.3. The minimum absolute atomic E-state index is 0.116. The minimum Gasteiger partial charge on any atom is -0.340 e. The smallest absolute Gasteiger partial charge is 0.340 e. The summed E-state index contributed by atoms with van der Waals surface area (Å²) in [5.41, 5.74) is 0. The lowest BCUT2D eigenvalue weighted by Gasteiger charge is -2.22. The lowest BCUT2D eigenvalue weighted by atomic mass is 11.6. The number of rotatable bonds is 6. The normalized spacial score (nSPS) is 18.9. The molecule has 0 aliphatic rings. The van der Waals surface area contributed by atoms with Crippen LogP contribution in [-0.4, -0.2) is 102 Å². The SMILES string of the molecule is CP(=O)(F)C(F)(F)P(=O)(O)F.CP(=O)(O)C(F)(F)P(=O)(O)O.CP(=O)(O)O.CP(C)(=O)C(F)(F)P(C)(=O)O.C[P+](=O)O. The molecule has 0 amide bonds. The molecule has 32 heteroatoms. The molecule has 0 aliphatic carbocycles. The van der Waals surface area contributed by atoms with Gasteiger partial charge in [-0.25, -0.2) is 4.57 Å². The average Bonchev–Trinajstić information content (AvgIpc) is 2.55. The second-order valence-electron chi connectivity index (χ2n) is 7.80. The first-order valence-corrected chi connectivity index (χ1v) is 24.7. The Morgan fingerprint density at radius 2 is 0.738 bits per heavy atom. The third-order valence-corrected chi connectivity index (χ3v) is 14.7. The third kappa shape index (κ3) is 21.5. The van der Waals surface area contributed by atoms with E-state index in [1.807, 2.05) is 0 Å². The van der Waals surface area contributed by atoms with Crippen molar-refractivity contribution in [3.63, 3.8) is 0 Å². The maximum absolute atomic E-state index is 12.7. The van der Waals surface area contributed by atoms with E-state index in [0.29, 0.717) is 6.66 Å². The Morgan fingerprint density at radius 1 is 0.548 bits per heavy atom. The van der Waals surface area contributed by atoms with Gasteiger partial charge in [0.15, 0.2) is 13.8 Å². The number of alkyl halides is 6. The average molecular weight is 805 g/mol. The first kappa shape index (κ1) is 52.4. The van der Waals surface area contributed by atoms with Gasteiger partial charge in [0.05, 0.1) is 0 Å². The van der Waals surface area contributed by atoms with E-state index < -0.39 is 76.4 Å². The van der Waals surface area contributed by atoms with E-state index in [-0.39, 0.29) is 13.3 Å². The standard InChI is InChI=1S/C4H10F2O3P2.C2H4F4O3P2.C2H6F2O5P2.CH5O3P.CH3O2P/c1-10(2,7)4(5,6)11(3,8)9;1-10(5,7)2(3,4)11(6,8)9;1-10(5,6)2(3,4)11(7,8)9;1-5(2,3)4;1-4(2)3/h1-3H3,(H,8,9);1H3,(H,8,9);1H3,(H,5,6)(H2,7,8,9);1H3,(H2,2,3,4);1H3/p+1. The Labute approximate surface area is 233 Å². The Hall–Kier alpha value is 0.830. The summed E-state index contributed by atoms with van der Waals surface area (Å²) >= 11 is 0. The quantitative estimate of drug-likeness (QED) is 0.123. The maximum atomic E-state index is 12.7. The molecule has 0 bridgehead atoms. The van der Waals surface area contributed by atoms with Crippen molar-refractivity contribution in [1.29, 1.82) is 0 Å². The van der Waals surface area contributed by atoms with Crippen LogP contribution >= 0.6 is 60.2 Å². The highest BCUT2D eigenvalue weighted by Gasteiger charge is 2.63. The number of hydrogen-bond donors (Lipinski definition) is 8. The van der Waals surface area contributed by atoms with Crippen molar-refractivity contribution in [2.75, 3.05) is 46.7 Å². The third-order valence-electron chi connectivity index (χ3n) is 2.81. The van der Waals surface area contributed by atoms with Crippen LogP contribution in [0.25, 0.3) is 0 Å². The van der Waals surface area contributed by atoms with Crippen LogP contribution in [0.15, 0.2) is 0 Å². The van der Waals surface area contributed by atoms with Gasteiger partial charge in [-0.3, -0.25) is 22.8 Å². The molecule has 0 radical (unpaired) electrons. The van der Waals surface area contributed by atoms with Crippen LogP contribution in [0.5, 0.6) is 0 Å². The van der Waals surface area contributed by atoms with Gasteiger partial charge in [0, 0.05) is 26.7 Å². The van der Waals surface area contributed by atoms with E-state index in [4.69, 9.17) is 43.7 Å². The van der Waals surface area contributed by atoms with Gasteiger partial charge in [-0.2, -0.15) is 39.6 Å². The zero-order valence-corrected chi connectivity index (χ0v) is 29.1. The molecular formula is C10H29F8O16P8+. The molecule has 5 atom stereocenters. The summed E-state index contributed by atoms with van der Waals surface area (Å²) < 4.78 is 176. The van der Waals surface area contributed by atoms with Crippen molar-refractivity contribution in [3.8, 4) is 0 Å². The van der Waals surface area contributed by atoms with E-state index in [1.54, 1.807) is 0 Å². The Bertz CT molecular complexity index is 1010. The van der Waals surface area contributed by atoms with Gasteiger partial charge in [0.2, 0.25) is 0 Å². The molecule has 0 saturated heterocycles. The summed E-state index contributed by atoms with van der Waals surface area (Å²) in [5.74, 6) is 0. The van der Waals surface area contributed by atoms with Gasteiger partial charge in [0.25, 0.3) is 14.7 Å². The summed E-state index contributed by atoms with van der Waals surface area (Å²) in [6, 6.07) is 0. The second kappa shape index (κ2) is 17.1. The van der Waals surface area contributed by atoms with Crippen LogP contribution in [0.2, 0.25) is 0 Å². The molecule has 5 unspecified atom stereocenters. The highest BCUT2D eigenvalue weighted by molar-refractivity contribution is 7.79. The van der Waals surface area contributed by atoms with Crippen LogP contribution in [0.3, 0.4) is 0 Å². The lowest BCUT2D eigenvalue weighted by molar-refractivity contribution is 0.125. The van der Waals surface area contributed by atoms with Gasteiger partial charge >= 0.3 is 54.6 Å². The van der Waals surface area contributed by atoms with Gasteiger partial charge < -0.3 is 38.8 Å². The number of halogens is 8.